The van der Waals surface area contributed by atoms with Crippen LogP contribution in [0.4, 0.5) is 0 Å². The third-order valence-corrected chi connectivity index (χ3v) is 4.66. The summed E-state index contributed by atoms with van der Waals surface area (Å²) < 4.78 is 8.86. The van der Waals surface area contributed by atoms with Gasteiger partial charge in [0.1, 0.15) is 17.8 Å². The van der Waals surface area contributed by atoms with Gasteiger partial charge in [0.05, 0.1) is 12.2 Å². The van der Waals surface area contributed by atoms with E-state index in [0.29, 0.717) is 30.9 Å². The fraction of sp³-hybridized carbons (Fsp3) is 0.316. The first kappa shape index (κ1) is 17.9. The summed E-state index contributed by atoms with van der Waals surface area (Å²) in [6.07, 6.45) is 2.54. The van der Waals surface area contributed by atoms with Crippen molar-refractivity contribution in [2.75, 3.05) is 0 Å². The molecular weight excluding hydrogens is 358 g/mol. The molecule has 1 amide bonds. The third kappa shape index (κ3) is 3.51. The molecule has 4 rings (SSSR count). The van der Waals surface area contributed by atoms with Gasteiger partial charge in [-0.3, -0.25) is 4.79 Å². The maximum atomic E-state index is 12.2. The molecule has 4 aromatic rings. The first-order valence-corrected chi connectivity index (χ1v) is 9.06. The van der Waals surface area contributed by atoms with E-state index in [0.717, 1.165) is 28.5 Å². The molecule has 28 heavy (non-hydrogen) atoms. The van der Waals surface area contributed by atoms with E-state index in [9.17, 15) is 4.79 Å². The van der Waals surface area contributed by atoms with Gasteiger partial charge in [0.2, 0.25) is 5.91 Å². The van der Waals surface area contributed by atoms with Gasteiger partial charge in [-0.05, 0) is 57.0 Å². The van der Waals surface area contributed by atoms with Crippen LogP contribution >= 0.6 is 0 Å². The molecule has 0 unspecified atom stereocenters. The first-order chi connectivity index (χ1) is 13.5. The van der Waals surface area contributed by atoms with E-state index in [1.165, 1.54) is 0 Å². The van der Waals surface area contributed by atoms with Gasteiger partial charge in [-0.15, -0.1) is 15.3 Å². The molecule has 0 spiro atoms. The van der Waals surface area contributed by atoms with Gasteiger partial charge in [0.25, 0.3) is 0 Å². The highest BCUT2D eigenvalue weighted by Crippen LogP contribution is 2.18. The topological polar surface area (TPSA) is 103 Å². The number of fused-ring (bicyclic) bond motifs is 1. The average molecular weight is 379 g/mol. The smallest absolute Gasteiger partial charge is 0.220 e. The Labute approximate surface area is 161 Å². The Balaban J connectivity index is 1.44. The van der Waals surface area contributed by atoms with Gasteiger partial charge in [-0.1, -0.05) is 0 Å². The number of rotatable bonds is 6. The molecule has 9 heteroatoms. The van der Waals surface area contributed by atoms with Crippen LogP contribution in [-0.2, 0) is 17.8 Å². The second kappa shape index (κ2) is 7.26. The highest BCUT2D eigenvalue weighted by Gasteiger charge is 2.15. The lowest BCUT2D eigenvalue weighted by Crippen LogP contribution is -2.22. The summed E-state index contributed by atoms with van der Waals surface area (Å²) in [6.45, 7) is 6.20. The van der Waals surface area contributed by atoms with E-state index in [2.05, 4.69) is 25.7 Å². The van der Waals surface area contributed by atoms with Crippen molar-refractivity contribution < 1.29 is 9.21 Å². The summed E-state index contributed by atoms with van der Waals surface area (Å²) in [5.41, 5.74) is 3.58. The second-order valence-corrected chi connectivity index (χ2v) is 6.68. The minimum absolute atomic E-state index is 0.0235. The van der Waals surface area contributed by atoms with Crippen LogP contribution in [0.15, 0.2) is 35.0 Å². The van der Waals surface area contributed by atoms with Crippen molar-refractivity contribution in [3.63, 3.8) is 0 Å². The molecule has 0 aromatic carbocycles. The van der Waals surface area contributed by atoms with E-state index in [1.807, 2.05) is 45.0 Å². The van der Waals surface area contributed by atoms with Crippen molar-refractivity contribution in [1.82, 2.24) is 34.9 Å². The molecular formula is C19H21N7O2. The quantitative estimate of drug-likeness (QED) is 0.550. The van der Waals surface area contributed by atoms with E-state index in [1.54, 1.807) is 15.5 Å². The second-order valence-electron chi connectivity index (χ2n) is 6.68. The number of nitrogens with one attached hydrogen (secondary N) is 1. The molecule has 0 saturated heterocycles. The van der Waals surface area contributed by atoms with Crippen molar-refractivity contribution in [3.8, 4) is 5.82 Å². The van der Waals surface area contributed by atoms with E-state index < -0.39 is 0 Å². The number of aromatic nitrogens is 6. The molecule has 0 atom stereocenters. The predicted molar refractivity (Wildman–Crippen MR) is 101 cm³/mol. The van der Waals surface area contributed by atoms with E-state index >= 15 is 0 Å². The van der Waals surface area contributed by atoms with Crippen LogP contribution in [0.25, 0.3) is 11.5 Å². The normalized spacial score (nSPS) is 11.2. The molecule has 0 aliphatic rings. The van der Waals surface area contributed by atoms with Gasteiger partial charge in [0, 0.05) is 12.1 Å². The van der Waals surface area contributed by atoms with Crippen LogP contribution in [0.2, 0.25) is 0 Å². The fourth-order valence-electron chi connectivity index (χ4n) is 3.18. The average Bonchev–Trinajstić information content (AvgIpc) is 3.38. The van der Waals surface area contributed by atoms with Gasteiger partial charge in [0.15, 0.2) is 11.5 Å². The van der Waals surface area contributed by atoms with E-state index in [4.69, 9.17) is 4.42 Å². The lowest BCUT2D eigenvalue weighted by Gasteiger charge is -2.06. The Morgan fingerprint density at radius 1 is 1.14 bits per heavy atom. The maximum Gasteiger partial charge on any atom is 0.220 e. The molecule has 0 bridgehead atoms. The SMILES string of the molecule is Cc1ccc(CNC(=O)CCc2c(C)nn(-c3ccc4nncn4n3)c2C)o1. The maximum absolute atomic E-state index is 12.2. The predicted octanol–water partition coefficient (Wildman–Crippen LogP) is 2.08. The Kier molecular flexibility index (Phi) is 4.64. The van der Waals surface area contributed by atoms with Crippen LogP contribution in [0.3, 0.4) is 0 Å². The van der Waals surface area contributed by atoms with Crippen LogP contribution < -0.4 is 5.32 Å². The zero-order valence-corrected chi connectivity index (χ0v) is 16.0. The van der Waals surface area contributed by atoms with Gasteiger partial charge in [-0.25, -0.2) is 4.68 Å². The summed E-state index contributed by atoms with van der Waals surface area (Å²) >= 11 is 0. The molecule has 144 valence electrons. The summed E-state index contributed by atoms with van der Waals surface area (Å²) in [4.78, 5) is 12.2. The summed E-state index contributed by atoms with van der Waals surface area (Å²) in [6, 6.07) is 7.45. The standard InChI is InChI=1S/C19H21N7O2/c1-12-4-5-15(28-12)10-20-19(27)9-6-16-13(2)23-26(14(16)3)18-8-7-17-22-21-11-25(17)24-18/h4-5,7-8,11H,6,9-10H2,1-3H3,(H,20,27). The van der Waals surface area contributed by atoms with Crippen LogP contribution in [-0.4, -0.2) is 35.5 Å². The molecule has 0 aliphatic heterocycles. The van der Waals surface area contributed by atoms with Crippen molar-refractivity contribution >= 4 is 11.6 Å². The van der Waals surface area contributed by atoms with Crippen molar-refractivity contribution in [2.45, 2.75) is 40.2 Å². The molecule has 0 fully saturated rings. The van der Waals surface area contributed by atoms with Crippen molar-refractivity contribution in [1.29, 1.82) is 0 Å². The molecule has 0 aliphatic carbocycles. The number of carbonyl (C=O) groups is 1. The number of hydrogen-bond donors (Lipinski definition) is 1. The highest BCUT2D eigenvalue weighted by atomic mass is 16.3. The Bertz CT molecular complexity index is 1140. The molecule has 0 saturated carbocycles. The lowest BCUT2D eigenvalue weighted by atomic mass is 10.1. The minimum Gasteiger partial charge on any atom is -0.465 e. The Morgan fingerprint density at radius 2 is 2.00 bits per heavy atom. The number of amides is 1. The number of furan rings is 1. The van der Waals surface area contributed by atoms with E-state index in [-0.39, 0.29) is 5.91 Å². The van der Waals surface area contributed by atoms with Gasteiger partial charge >= 0.3 is 0 Å². The zero-order valence-electron chi connectivity index (χ0n) is 16.0. The van der Waals surface area contributed by atoms with Crippen molar-refractivity contribution in [3.05, 3.63) is 59.1 Å². The first-order valence-electron chi connectivity index (χ1n) is 9.06. The van der Waals surface area contributed by atoms with Gasteiger partial charge < -0.3 is 9.73 Å². The number of aryl methyl sites for hydroxylation is 2. The fourth-order valence-corrected chi connectivity index (χ4v) is 3.18. The van der Waals surface area contributed by atoms with Crippen LogP contribution in [0, 0.1) is 20.8 Å². The monoisotopic (exact) mass is 379 g/mol. The molecule has 1 N–H and O–H groups in total. The summed E-state index contributed by atoms with van der Waals surface area (Å²) in [5, 5.41) is 19.8. The number of carbonyl (C=O) groups excluding carboxylic acids is 1. The Hall–Kier alpha value is -3.49. The molecule has 9 nitrogen and oxygen atoms in total. The molecule has 0 radical (unpaired) electrons. The number of hydrogen-bond acceptors (Lipinski definition) is 6. The molecule has 4 heterocycles. The minimum atomic E-state index is -0.0235. The number of nitrogens with zero attached hydrogens (tertiary/aromatic N) is 6. The zero-order chi connectivity index (χ0) is 19.7. The largest absolute Gasteiger partial charge is 0.465 e. The summed E-state index contributed by atoms with van der Waals surface area (Å²) in [5.74, 6) is 2.24. The molecule has 4 aromatic heterocycles. The third-order valence-electron chi connectivity index (χ3n) is 4.66. The lowest BCUT2D eigenvalue weighted by molar-refractivity contribution is -0.121. The Morgan fingerprint density at radius 3 is 2.79 bits per heavy atom. The summed E-state index contributed by atoms with van der Waals surface area (Å²) in [7, 11) is 0. The van der Waals surface area contributed by atoms with Gasteiger partial charge in [-0.2, -0.15) is 9.61 Å². The van der Waals surface area contributed by atoms with Crippen molar-refractivity contribution in [2.24, 2.45) is 0 Å². The van der Waals surface area contributed by atoms with Crippen LogP contribution in [0.5, 0.6) is 0 Å². The highest BCUT2D eigenvalue weighted by molar-refractivity contribution is 5.76. The van der Waals surface area contributed by atoms with Crippen LogP contribution in [0.1, 0.15) is 34.9 Å².